The number of allylic oxidation sites excluding steroid dienone is 6. The molecule has 28 heavy (non-hydrogen) atoms. The molecule has 1 heterocycles. The summed E-state index contributed by atoms with van der Waals surface area (Å²) < 4.78 is 0. The van der Waals surface area contributed by atoms with Crippen molar-refractivity contribution in [2.45, 2.75) is 59.3 Å². The Bertz CT molecular complexity index is 908. The van der Waals surface area contributed by atoms with E-state index in [0.717, 1.165) is 36.2 Å². The predicted octanol–water partition coefficient (Wildman–Crippen LogP) is 6.16. The molecule has 5 atom stereocenters. The third-order valence-corrected chi connectivity index (χ3v) is 8.77. The normalized spacial score (nSPS) is 39.1. The molecule has 4 aliphatic rings. The van der Waals surface area contributed by atoms with E-state index >= 15 is 0 Å². The number of rotatable bonds is 2. The Labute approximate surface area is 168 Å². The quantitative estimate of drug-likeness (QED) is 0.621. The zero-order valence-corrected chi connectivity index (χ0v) is 17.4. The Morgan fingerprint density at radius 1 is 1.11 bits per heavy atom. The molecule has 2 nitrogen and oxygen atoms in total. The molecule has 1 saturated carbocycles. The minimum absolute atomic E-state index is 0.250. The van der Waals surface area contributed by atoms with Crippen molar-refractivity contribution in [2.24, 2.45) is 28.6 Å². The van der Waals surface area contributed by atoms with E-state index in [4.69, 9.17) is 0 Å². The van der Waals surface area contributed by atoms with Gasteiger partial charge in [0.15, 0.2) is 5.78 Å². The van der Waals surface area contributed by atoms with Gasteiger partial charge in [-0.2, -0.15) is 0 Å². The van der Waals surface area contributed by atoms with Gasteiger partial charge in [0, 0.05) is 12.4 Å². The average molecular weight is 374 g/mol. The second-order valence-electron chi connectivity index (χ2n) is 9.97. The van der Waals surface area contributed by atoms with Gasteiger partial charge in [-0.25, -0.2) is 0 Å². The van der Waals surface area contributed by atoms with Crippen LogP contribution in [0.4, 0.5) is 0 Å². The molecule has 0 aromatic carbocycles. The number of pyridine rings is 1. The summed E-state index contributed by atoms with van der Waals surface area (Å²) in [4.78, 5) is 16.3. The third-order valence-electron chi connectivity index (χ3n) is 8.77. The molecule has 0 saturated heterocycles. The van der Waals surface area contributed by atoms with Crippen molar-refractivity contribution < 1.29 is 4.79 Å². The van der Waals surface area contributed by atoms with Crippen LogP contribution in [0.25, 0.3) is 5.57 Å². The minimum Gasteiger partial charge on any atom is -0.295 e. The monoisotopic (exact) mass is 373 g/mol. The fraction of sp³-hybridized carbons (Fsp3) is 0.538. The predicted molar refractivity (Wildman–Crippen MR) is 113 cm³/mol. The first-order valence-electron chi connectivity index (χ1n) is 11.0. The molecule has 0 N–H and O–H groups in total. The Morgan fingerprint density at radius 3 is 2.71 bits per heavy atom. The van der Waals surface area contributed by atoms with Gasteiger partial charge < -0.3 is 0 Å². The molecule has 146 valence electrons. The highest BCUT2D eigenvalue weighted by Gasteiger charge is 2.56. The van der Waals surface area contributed by atoms with E-state index in [9.17, 15) is 4.79 Å². The molecular formula is C26H31NO. The maximum atomic E-state index is 11.9. The lowest BCUT2D eigenvalue weighted by Gasteiger charge is -2.56. The van der Waals surface area contributed by atoms with Gasteiger partial charge >= 0.3 is 0 Å². The molecule has 1 fully saturated rings. The van der Waals surface area contributed by atoms with E-state index in [2.05, 4.69) is 49.2 Å². The van der Waals surface area contributed by atoms with Crippen LogP contribution in [0.2, 0.25) is 0 Å². The Morgan fingerprint density at radius 2 is 1.96 bits per heavy atom. The SMILES string of the molecule is CC(=O)C1=CC2=CC[C@@H]3[C@H](CC[C@]4(C)C(c5cccnc5)=CC[C@@H]34)[C@@]2(C)CC1. The molecule has 1 aromatic rings. The number of nitrogens with zero attached hydrogens (tertiary/aromatic N) is 1. The molecule has 0 spiro atoms. The summed E-state index contributed by atoms with van der Waals surface area (Å²) in [5.74, 6) is 2.49. The van der Waals surface area contributed by atoms with E-state index in [1.807, 2.05) is 12.4 Å². The lowest BCUT2D eigenvalue weighted by Crippen LogP contribution is -2.48. The number of hydrogen-bond acceptors (Lipinski definition) is 2. The van der Waals surface area contributed by atoms with Crippen LogP contribution in [0, 0.1) is 28.6 Å². The summed E-state index contributed by atoms with van der Waals surface area (Å²) in [6.07, 6.45) is 18.2. The second-order valence-corrected chi connectivity index (χ2v) is 9.97. The maximum absolute atomic E-state index is 11.9. The van der Waals surface area contributed by atoms with Crippen LogP contribution in [0.5, 0.6) is 0 Å². The van der Waals surface area contributed by atoms with Gasteiger partial charge in [-0.1, -0.05) is 38.1 Å². The molecular weight excluding hydrogens is 342 g/mol. The molecule has 2 heteroatoms. The summed E-state index contributed by atoms with van der Waals surface area (Å²) in [5.41, 5.74) is 5.86. The number of fused-ring (bicyclic) bond motifs is 5. The molecule has 4 aliphatic carbocycles. The van der Waals surface area contributed by atoms with Crippen molar-refractivity contribution in [1.29, 1.82) is 0 Å². The van der Waals surface area contributed by atoms with E-state index in [1.54, 1.807) is 6.92 Å². The Kier molecular flexibility index (Phi) is 4.05. The lowest BCUT2D eigenvalue weighted by atomic mass is 9.47. The van der Waals surface area contributed by atoms with Gasteiger partial charge in [0.1, 0.15) is 0 Å². The first-order valence-corrected chi connectivity index (χ1v) is 11.0. The second kappa shape index (κ2) is 6.27. The first-order chi connectivity index (χ1) is 13.4. The zero-order valence-electron chi connectivity index (χ0n) is 17.4. The average Bonchev–Trinajstić information content (AvgIpc) is 3.05. The lowest BCUT2D eigenvalue weighted by molar-refractivity contribution is -0.113. The van der Waals surface area contributed by atoms with Crippen molar-refractivity contribution >= 4 is 11.4 Å². The highest BCUT2D eigenvalue weighted by Crippen LogP contribution is 2.65. The van der Waals surface area contributed by atoms with Gasteiger partial charge in [-0.15, -0.1) is 0 Å². The zero-order chi connectivity index (χ0) is 19.5. The number of aromatic nitrogens is 1. The summed E-state index contributed by atoms with van der Waals surface area (Å²) >= 11 is 0. The highest BCUT2D eigenvalue weighted by atomic mass is 16.1. The van der Waals surface area contributed by atoms with Crippen molar-refractivity contribution in [1.82, 2.24) is 4.98 Å². The number of carbonyl (C=O) groups excluding carboxylic acids is 1. The molecule has 0 radical (unpaired) electrons. The highest BCUT2D eigenvalue weighted by molar-refractivity contribution is 5.94. The van der Waals surface area contributed by atoms with Crippen LogP contribution in [0.3, 0.4) is 0 Å². The van der Waals surface area contributed by atoms with Gasteiger partial charge in [-0.05, 0) is 102 Å². The van der Waals surface area contributed by atoms with Crippen LogP contribution >= 0.6 is 0 Å². The fourth-order valence-corrected chi connectivity index (χ4v) is 7.14. The van der Waals surface area contributed by atoms with Gasteiger partial charge in [0.05, 0.1) is 0 Å². The fourth-order valence-electron chi connectivity index (χ4n) is 7.14. The molecule has 0 unspecified atom stereocenters. The van der Waals surface area contributed by atoms with Gasteiger partial charge in [0.25, 0.3) is 0 Å². The summed E-state index contributed by atoms with van der Waals surface area (Å²) in [5, 5.41) is 0. The van der Waals surface area contributed by atoms with Crippen molar-refractivity contribution in [2.75, 3.05) is 0 Å². The Hall–Kier alpha value is -1.96. The molecule has 1 aromatic heterocycles. The van der Waals surface area contributed by atoms with Crippen LogP contribution < -0.4 is 0 Å². The van der Waals surface area contributed by atoms with Crippen LogP contribution in [0.1, 0.15) is 64.9 Å². The van der Waals surface area contributed by atoms with E-state index in [0.29, 0.717) is 0 Å². The van der Waals surface area contributed by atoms with Crippen LogP contribution in [-0.2, 0) is 4.79 Å². The van der Waals surface area contributed by atoms with E-state index in [1.165, 1.54) is 42.4 Å². The summed E-state index contributed by atoms with van der Waals surface area (Å²) in [6, 6.07) is 4.30. The molecule has 0 amide bonds. The van der Waals surface area contributed by atoms with E-state index in [-0.39, 0.29) is 16.6 Å². The first kappa shape index (κ1) is 18.1. The van der Waals surface area contributed by atoms with Gasteiger partial charge in [0.2, 0.25) is 0 Å². The molecule has 5 rings (SSSR count). The maximum Gasteiger partial charge on any atom is 0.155 e. The van der Waals surface area contributed by atoms with E-state index < -0.39 is 0 Å². The van der Waals surface area contributed by atoms with Crippen molar-refractivity contribution in [3.63, 3.8) is 0 Å². The topological polar surface area (TPSA) is 30.0 Å². The number of hydrogen-bond donors (Lipinski definition) is 0. The molecule has 0 bridgehead atoms. The summed E-state index contributed by atoms with van der Waals surface area (Å²) in [6.45, 7) is 6.71. The number of ketones is 1. The Balaban J connectivity index is 1.48. The van der Waals surface area contributed by atoms with Crippen LogP contribution in [-0.4, -0.2) is 10.8 Å². The van der Waals surface area contributed by atoms with Gasteiger partial charge in [-0.3, -0.25) is 9.78 Å². The minimum atomic E-state index is 0.250. The standard InChI is InChI=1S/C26H31NO/c1-17(28)18-10-12-25(2)20(15-18)6-7-21-23-9-8-22(19-5-4-14-27-16-19)26(23,3)13-11-24(21)25/h4-6,8,14-16,21,23-24H,7,9-13H2,1-3H3/t21-,23-,24-,25-,26+/m0/s1. The third kappa shape index (κ3) is 2.46. The smallest absolute Gasteiger partial charge is 0.155 e. The summed E-state index contributed by atoms with van der Waals surface area (Å²) in [7, 11) is 0. The van der Waals surface area contributed by atoms with Crippen molar-refractivity contribution in [3.8, 4) is 0 Å². The van der Waals surface area contributed by atoms with Crippen molar-refractivity contribution in [3.05, 3.63) is 59.5 Å². The van der Waals surface area contributed by atoms with Crippen LogP contribution in [0.15, 0.2) is 53.9 Å². The largest absolute Gasteiger partial charge is 0.295 e. The molecule has 0 aliphatic heterocycles. The number of carbonyl (C=O) groups is 1. The number of Topliss-reactive ketones (excluding diaryl/α,β-unsaturated/α-hetero) is 1.